The average molecular weight is 302 g/mol. The first kappa shape index (κ1) is 9.99. The third-order valence-electron chi connectivity index (χ3n) is 2.29. The molecule has 1 aliphatic rings. The topological polar surface area (TPSA) is 27.1 Å². The lowest BCUT2D eigenvalue weighted by atomic mass is 10.2. The van der Waals surface area contributed by atoms with Gasteiger partial charge in [-0.15, -0.1) is 0 Å². The minimum Gasteiger partial charge on any atom is -0.358 e. The number of rotatable bonds is 1. The highest BCUT2D eigenvalue weighted by Crippen LogP contribution is 2.23. The Morgan fingerprint density at radius 1 is 1.57 bits per heavy atom. The van der Waals surface area contributed by atoms with Crippen LogP contribution in [-0.4, -0.2) is 16.2 Å². The normalized spacial score (nSPS) is 21.4. The minimum absolute atomic E-state index is 0.137. The van der Waals surface area contributed by atoms with Gasteiger partial charge in [-0.05, 0) is 29.1 Å². The fourth-order valence-corrected chi connectivity index (χ4v) is 1.87. The van der Waals surface area contributed by atoms with Gasteiger partial charge in [0, 0.05) is 41.6 Å². The molecule has 0 amide bonds. The fourth-order valence-electron chi connectivity index (χ4n) is 1.63. The van der Waals surface area contributed by atoms with Crippen molar-refractivity contribution < 1.29 is 4.74 Å². The SMILES string of the molecule is IC#Cc1nccn1C1CCCCO1. The van der Waals surface area contributed by atoms with E-state index >= 15 is 0 Å². The molecule has 1 saturated heterocycles. The number of aromatic nitrogens is 2. The van der Waals surface area contributed by atoms with Gasteiger partial charge in [-0.1, -0.05) is 0 Å². The van der Waals surface area contributed by atoms with Gasteiger partial charge in [0.25, 0.3) is 0 Å². The summed E-state index contributed by atoms with van der Waals surface area (Å²) in [4.78, 5) is 4.19. The minimum atomic E-state index is 0.137. The molecule has 0 aliphatic carbocycles. The van der Waals surface area contributed by atoms with Crippen LogP contribution in [0.15, 0.2) is 12.4 Å². The first-order chi connectivity index (χ1) is 6.92. The molecule has 74 valence electrons. The molecule has 0 radical (unpaired) electrons. The fraction of sp³-hybridized carbons (Fsp3) is 0.500. The Balaban J connectivity index is 2.20. The van der Waals surface area contributed by atoms with Crippen LogP contribution in [-0.2, 0) is 4.74 Å². The second-order valence-corrected chi connectivity index (χ2v) is 3.74. The first-order valence-corrected chi connectivity index (χ1v) is 5.76. The standard InChI is InChI=1S/C10H11IN2O/c11-5-4-9-12-6-7-13(9)10-3-1-2-8-14-10/h6-7,10H,1-3,8H2. The smallest absolute Gasteiger partial charge is 0.188 e. The van der Waals surface area contributed by atoms with Gasteiger partial charge in [0.1, 0.15) is 6.23 Å². The summed E-state index contributed by atoms with van der Waals surface area (Å²) in [7, 11) is 0. The van der Waals surface area contributed by atoms with Gasteiger partial charge in [0.05, 0.1) is 0 Å². The first-order valence-electron chi connectivity index (χ1n) is 4.68. The van der Waals surface area contributed by atoms with Crippen molar-refractivity contribution in [2.45, 2.75) is 25.5 Å². The molecule has 0 aromatic carbocycles. The van der Waals surface area contributed by atoms with Crippen LogP contribution < -0.4 is 0 Å². The van der Waals surface area contributed by atoms with E-state index in [1.165, 1.54) is 12.8 Å². The van der Waals surface area contributed by atoms with E-state index in [9.17, 15) is 0 Å². The van der Waals surface area contributed by atoms with E-state index in [1.54, 1.807) is 6.20 Å². The van der Waals surface area contributed by atoms with Crippen molar-refractivity contribution in [3.8, 4) is 9.85 Å². The van der Waals surface area contributed by atoms with Crippen LogP contribution in [0.4, 0.5) is 0 Å². The molecule has 0 spiro atoms. The Hall–Kier alpha value is -0.540. The number of ether oxygens (including phenoxy) is 1. The maximum atomic E-state index is 5.66. The second-order valence-electron chi connectivity index (χ2n) is 3.20. The molecule has 2 rings (SSSR count). The van der Waals surface area contributed by atoms with Crippen LogP contribution in [0.25, 0.3) is 0 Å². The maximum Gasteiger partial charge on any atom is 0.188 e. The van der Waals surface area contributed by atoms with Crippen molar-refractivity contribution in [2.24, 2.45) is 0 Å². The zero-order valence-corrected chi connectivity index (χ0v) is 9.90. The maximum absolute atomic E-state index is 5.66. The van der Waals surface area contributed by atoms with Crippen LogP contribution in [0.1, 0.15) is 31.3 Å². The highest BCUT2D eigenvalue weighted by Gasteiger charge is 2.17. The van der Waals surface area contributed by atoms with E-state index in [0.717, 1.165) is 18.9 Å². The third-order valence-corrected chi connectivity index (χ3v) is 2.56. The van der Waals surface area contributed by atoms with Crippen LogP contribution in [0.3, 0.4) is 0 Å². The van der Waals surface area contributed by atoms with Crippen molar-refractivity contribution in [3.05, 3.63) is 18.2 Å². The molecule has 2 heterocycles. The van der Waals surface area contributed by atoms with Crippen LogP contribution >= 0.6 is 22.6 Å². The molecular formula is C10H11IN2O. The van der Waals surface area contributed by atoms with Crippen molar-refractivity contribution in [1.82, 2.24) is 9.55 Å². The second kappa shape index (κ2) is 4.80. The van der Waals surface area contributed by atoms with Crippen molar-refractivity contribution >= 4 is 22.6 Å². The number of nitrogens with zero attached hydrogens (tertiary/aromatic N) is 2. The van der Waals surface area contributed by atoms with Gasteiger partial charge in [0.15, 0.2) is 5.82 Å². The molecule has 3 nitrogen and oxygen atoms in total. The van der Waals surface area contributed by atoms with Crippen LogP contribution in [0.5, 0.6) is 0 Å². The van der Waals surface area contributed by atoms with Gasteiger partial charge in [-0.25, -0.2) is 4.98 Å². The molecule has 4 heteroatoms. The zero-order chi connectivity index (χ0) is 9.80. The third kappa shape index (κ3) is 2.10. The van der Waals surface area contributed by atoms with E-state index in [4.69, 9.17) is 4.74 Å². The lowest BCUT2D eigenvalue weighted by molar-refractivity contribution is -0.0324. The van der Waals surface area contributed by atoms with E-state index in [-0.39, 0.29) is 6.23 Å². The summed E-state index contributed by atoms with van der Waals surface area (Å²) in [6, 6.07) is 0. The van der Waals surface area contributed by atoms with Gasteiger partial charge >= 0.3 is 0 Å². The van der Waals surface area contributed by atoms with Crippen LogP contribution in [0.2, 0.25) is 0 Å². The monoisotopic (exact) mass is 302 g/mol. The van der Waals surface area contributed by atoms with E-state index < -0.39 is 0 Å². The molecule has 1 atom stereocenters. The predicted octanol–water partition coefficient (Wildman–Crippen LogP) is 2.33. The molecule has 14 heavy (non-hydrogen) atoms. The van der Waals surface area contributed by atoms with Crippen LogP contribution in [0, 0.1) is 9.85 Å². The van der Waals surface area contributed by atoms with E-state index in [0.29, 0.717) is 0 Å². The molecule has 0 bridgehead atoms. The summed E-state index contributed by atoms with van der Waals surface area (Å²) in [5.74, 6) is 3.76. The number of halogens is 1. The lowest BCUT2D eigenvalue weighted by Gasteiger charge is -2.24. The molecule has 0 N–H and O–H groups in total. The number of hydrogen-bond donors (Lipinski definition) is 0. The largest absolute Gasteiger partial charge is 0.358 e. The molecule has 1 unspecified atom stereocenters. The molecule has 1 fully saturated rings. The molecular weight excluding hydrogens is 291 g/mol. The van der Waals surface area contributed by atoms with Gasteiger partial charge in [-0.2, -0.15) is 0 Å². The van der Waals surface area contributed by atoms with Crippen molar-refractivity contribution in [1.29, 1.82) is 0 Å². The number of imidazole rings is 1. The number of hydrogen-bond acceptors (Lipinski definition) is 2. The van der Waals surface area contributed by atoms with Crippen molar-refractivity contribution in [3.63, 3.8) is 0 Å². The molecule has 1 aromatic rings. The summed E-state index contributed by atoms with van der Waals surface area (Å²) in [6.45, 7) is 0.847. The lowest BCUT2D eigenvalue weighted by Crippen LogP contribution is -2.18. The zero-order valence-electron chi connectivity index (χ0n) is 7.74. The van der Waals surface area contributed by atoms with Crippen molar-refractivity contribution in [2.75, 3.05) is 6.61 Å². The summed E-state index contributed by atoms with van der Waals surface area (Å²) in [5.41, 5.74) is 0. The van der Waals surface area contributed by atoms with Gasteiger partial charge < -0.3 is 4.74 Å². The Labute approximate surface area is 97.0 Å². The van der Waals surface area contributed by atoms with E-state index in [1.807, 2.05) is 33.4 Å². The molecule has 0 saturated carbocycles. The summed E-state index contributed by atoms with van der Waals surface area (Å²) < 4.78 is 10.5. The van der Waals surface area contributed by atoms with E-state index in [2.05, 4.69) is 14.8 Å². The highest BCUT2D eigenvalue weighted by atomic mass is 127. The average Bonchev–Trinajstić information content (AvgIpc) is 2.68. The molecule has 1 aliphatic heterocycles. The Bertz CT molecular complexity index is 358. The summed E-state index contributed by atoms with van der Waals surface area (Å²) in [5, 5.41) is 0. The predicted molar refractivity (Wildman–Crippen MR) is 62.0 cm³/mol. The Morgan fingerprint density at radius 2 is 2.50 bits per heavy atom. The summed E-state index contributed by atoms with van der Waals surface area (Å²) in [6.07, 6.45) is 7.30. The summed E-state index contributed by atoms with van der Waals surface area (Å²) >= 11 is 2.02. The molecule has 1 aromatic heterocycles. The van der Waals surface area contributed by atoms with Gasteiger partial charge in [0.2, 0.25) is 0 Å². The quantitative estimate of drug-likeness (QED) is 0.588. The van der Waals surface area contributed by atoms with Gasteiger partial charge in [-0.3, -0.25) is 4.57 Å². The Kier molecular flexibility index (Phi) is 3.43. The Morgan fingerprint density at radius 3 is 3.21 bits per heavy atom. The highest BCUT2D eigenvalue weighted by molar-refractivity contribution is 14.1.